The van der Waals surface area contributed by atoms with Gasteiger partial charge in [-0.3, -0.25) is 0 Å². The molecule has 0 aromatic carbocycles. The zero-order valence-corrected chi connectivity index (χ0v) is 10.5. The second-order valence-electron chi connectivity index (χ2n) is 3.84. The van der Waals surface area contributed by atoms with Gasteiger partial charge in [-0.05, 0) is 30.6 Å². The molecule has 11 heavy (non-hydrogen) atoms. The Labute approximate surface area is 74.7 Å². The lowest BCUT2D eigenvalue weighted by Crippen LogP contribution is -1.99. The molecule has 0 spiro atoms. The van der Waals surface area contributed by atoms with Gasteiger partial charge in [0.1, 0.15) is 0 Å². The van der Waals surface area contributed by atoms with Gasteiger partial charge in [0.05, 0.1) is 0 Å². The van der Waals surface area contributed by atoms with Crippen molar-refractivity contribution in [3.05, 3.63) is 0 Å². The Morgan fingerprint density at radius 1 is 0.818 bits per heavy atom. The van der Waals surface area contributed by atoms with Crippen molar-refractivity contribution in [1.29, 1.82) is 0 Å². The molecule has 0 amide bonds. The first-order chi connectivity index (χ1) is 4.95. The van der Waals surface area contributed by atoms with Gasteiger partial charge >= 0.3 is 0 Å². The maximum atomic E-state index is 2.45. The highest BCUT2D eigenvalue weighted by Crippen LogP contribution is 2.51. The smallest absolute Gasteiger partial charge is 0.0121 e. The van der Waals surface area contributed by atoms with Crippen molar-refractivity contribution >= 4 is 15.8 Å². The van der Waals surface area contributed by atoms with E-state index in [0.29, 0.717) is 15.8 Å². The minimum absolute atomic E-state index is 0.317. The Balaban J connectivity index is 3.66. The molecular weight excluding hydrogens is 170 g/mol. The topological polar surface area (TPSA) is 0 Å². The van der Waals surface area contributed by atoms with E-state index < -0.39 is 0 Å². The van der Waals surface area contributed by atoms with Crippen LogP contribution in [0.3, 0.4) is 0 Å². The lowest BCUT2D eigenvalue weighted by molar-refractivity contribution is 1.08. The second kappa shape index (κ2) is 5.50. The fraction of sp³-hybridized carbons (Fsp3) is 1.00. The summed E-state index contributed by atoms with van der Waals surface area (Å²) < 4.78 is 0. The first kappa shape index (κ1) is 11.9. The standard InChI is InChI=1S/C9H22P2/c1-8(2)10(5)7-11(6)9(3)4/h8-9H,7H2,1-6H3/t10-,11+. The van der Waals surface area contributed by atoms with E-state index >= 15 is 0 Å². The molecule has 0 N–H and O–H groups in total. The molecule has 0 radical (unpaired) electrons. The lowest BCUT2D eigenvalue weighted by atomic mass is 10.6. The first-order valence-corrected chi connectivity index (χ1v) is 8.44. The normalized spacial score (nSPS) is 17.5. The molecule has 0 rings (SSSR count). The summed E-state index contributed by atoms with van der Waals surface area (Å²) in [5.74, 6) is 1.51. The second-order valence-corrected chi connectivity index (χ2v) is 10.1. The summed E-state index contributed by atoms with van der Waals surface area (Å²) in [6, 6.07) is 0. The molecule has 0 aromatic heterocycles. The van der Waals surface area contributed by atoms with Gasteiger partial charge in [0.2, 0.25) is 0 Å². The molecule has 0 aromatic rings. The largest absolute Gasteiger partial charge is 0.103 e. The average Bonchev–Trinajstić information content (AvgIpc) is 1.87. The Bertz CT molecular complexity index is 87.7. The Morgan fingerprint density at radius 3 is 1.27 bits per heavy atom. The predicted octanol–water partition coefficient (Wildman–Crippen LogP) is 3.98. The number of hydrogen-bond donors (Lipinski definition) is 0. The molecule has 0 unspecified atom stereocenters. The van der Waals surface area contributed by atoms with Crippen LogP contribution in [-0.4, -0.2) is 30.6 Å². The monoisotopic (exact) mass is 192 g/mol. The predicted molar refractivity (Wildman–Crippen MR) is 60.8 cm³/mol. The van der Waals surface area contributed by atoms with Crippen LogP contribution in [0.15, 0.2) is 0 Å². The van der Waals surface area contributed by atoms with Crippen molar-refractivity contribution in [3.63, 3.8) is 0 Å². The van der Waals surface area contributed by atoms with Crippen LogP contribution in [0.25, 0.3) is 0 Å². The van der Waals surface area contributed by atoms with Gasteiger partial charge in [0.25, 0.3) is 0 Å². The molecular formula is C9H22P2. The third kappa shape index (κ3) is 5.15. The van der Waals surface area contributed by atoms with Gasteiger partial charge in [0.15, 0.2) is 0 Å². The maximum Gasteiger partial charge on any atom is -0.0121 e. The number of rotatable bonds is 4. The molecule has 0 heterocycles. The number of hydrogen-bond acceptors (Lipinski definition) is 0. The van der Waals surface area contributed by atoms with E-state index in [1.54, 1.807) is 0 Å². The van der Waals surface area contributed by atoms with Crippen molar-refractivity contribution in [1.82, 2.24) is 0 Å². The van der Waals surface area contributed by atoms with E-state index in [1.165, 1.54) is 5.90 Å². The average molecular weight is 192 g/mol. The van der Waals surface area contributed by atoms with E-state index in [4.69, 9.17) is 0 Å². The molecule has 0 aliphatic carbocycles. The minimum atomic E-state index is 0.317. The van der Waals surface area contributed by atoms with Gasteiger partial charge in [-0.1, -0.05) is 27.7 Å². The molecule has 0 aliphatic heterocycles. The third-order valence-electron chi connectivity index (χ3n) is 2.21. The summed E-state index contributed by atoms with van der Waals surface area (Å²) in [4.78, 5) is 0. The van der Waals surface area contributed by atoms with E-state index in [2.05, 4.69) is 41.0 Å². The molecule has 0 aliphatic rings. The Hall–Kier alpha value is 0.860. The zero-order valence-electron chi connectivity index (χ0n) is 8.76. The minimum Gasteiger partial charge on any atom is -0.103 e. The molecule has 0 bridgehead atoms. The van der Waals surface area contributed by atoms with Crippen LogP contribution in [0.4, 0.5) is 0 Å². The molecule has 0 nitrogen and oxygen atoms in total. The van der Waals surface area contributed by atoms with Crippen molar-refractivity contribution < 1.29 is 0 Å². The van der Waals surface area contributed by atoms with Crippen molar-refractivity contribution in [2.75, 3.05) is 19.2 Å². The SMILES string of the molecule is CC(C)[P@](C)C[P@](C)C(C)C. The Kier molecular flexibility index (Phi) is 5.93. The van der Waals surface area contributed by atoms with Crippen LogP contribution < -0.4 is 0 Å². The van der Waals surface area contributed by atoms with E-state index in [-0.39, 0.29) is 0 Å². The van der Waals surface area contributed by atoms with Gasteiger partial charge in [-0.25, -0.2) is 0 Å². The van der Waals surface area contributed by atoms with Crippen LogP contribution in [0.5, 0.6) is 0 Å². The van der Waals surface area contributed by atoms with E-state index in [0.717, 1.165) is 11.3 Å². The fourth-order valence-electron chi connectivity index (χ4n) is 0.678. The Morgan fingerprint density at radius 2 is 1.09 bits per heavy atom. The molecule has 68 valence electrons. The van der Waals surface area contributed by atoms with Crippen molar-refractivity contribution in [3.8, 4) is 0 Å². The van der Waals surface area contributed by atoms with E-state index in [9.17, 15) is 0 Å². The van der Waals surface area contributed by atoms with E-state index in [1.807, 2.05) is 0 Å². The fourth-order valence-corrected chi connectivity index (χ4v) is 6.11. The molecule has 0 saturated heterocycles. The quantitative estimate of drug-likeness (QED) is 0.591. The summed E-state index contributed by atoms with van der Waals surface area (Å²) in [7, 11) is 0.635. The highest BCUT2D eigenvalue weighted by Gasteiger charge is 2.12. The summed E-state index contributed by atoms with van der Waals surface area (Å²) in [5, 5.41) is 0. The summed E-state index contributed by atoms with van der Waals surface area (Å²) in [5.41, 5.74) is 1.85. The van der Waals surface area contributed by atoms with Crippen molar-refractivity contribution in [2.45, 2.75) is 39.0 Å². The molecule has 2 atom stereocenters. The van der Waals surface area contributed by atoms with Gasteiger partial charge in [-0.2, -0.15) is 0 Å². The first-order valence-electron chi connectivity index (χ1n) is 4.35. The maximum absolute atomic E-state index is 2.45. The van der Waals surface area contributed by atoms with Gasteiger partial charge < -0.3 is 0 Å². The molecule has 2 heteroatoms. The van der Waals surface area contributed by atoms with Crippen LogP contribution in [-0.2, 0) is 0 Å². The summed E-state index contributed by atoms with van der Waals surface area (Å²) in [6.45, 7) is 14.3. The van der Waals surface area contributed by atoms with Crippen molar-refractivity contribution in [2.24, 2.45) is 0 Å². The summed E-state index contributed by atoms with van der Waals surface area (Å²) in [6.07, 6.45) is 0. The van der Waals surface area contributed by atoms with Gasteiger partial charge in [-0.15, -0.1) is 15.8 Å². The molecule has 0 fully saturated rings. The van der Waals surface area contributed by atoms with Gasteiger partial charge in [0, 0.05) is 0 Å². The van der Waals surface area contributed by atoms with Crippen LogP contribution in [0.2, 0.25) is 0 Å². The molecule has 0 saturated carbocycles. The van der Waals surface area contributed by atoms with Crippen LogP contribution >= 0.6 is 15.8 Å². The third-order valence-corrected chi connectivity index (χ3v) is 9.30. The van der Waals surface area contributed by atoms with Crippen LogP contribution in [0, 0.1) is 0 Å². The highest BCUT2D eigenvalue weighted by molar-refractivity contribution is 7.74. The zero-order chi connectivity index (χ0) is 9.02. The summed E-state index contributed by atoms with van der Waals surface area (Å²) >= 11 is 0. The lowest BCUT2D eigenvalue weighted by Gasteiger charge is -2.23. The highest BCUT2D eigenvalue weighted by atomic mass is 31.2. The van der Waals surface area contributed by atoms with Crippen LogP contribution in [0.1, 0.15) is 27.7 Å².